The number of carbonyl (C=O) groups is 3. The zero-order chi connectivity index (χ0) is 20.3. The van der Waals surface area contributed by atoms with Gasteiger partial charge in [0.25, 0.3) is 5.91 Å². The minimum absolute atomic E-state index is 0.304. The number of rotatable bonds is 4. The molecule has 0 atom stereocenters. The Hall–Kier alpha value is -2.52. The first kappa shape index (κ1) is 20.2. The molecule has 2 heterocycles. The molecule has 3 rings (SSSR count). The Labute approximate surface area is 171 Å². The van der Waals surface area contributed by atoms with Crippen molar-refractivity contribution in [2.75, 3.05) is 32.3 Å². The van der Waals surface area contributed by atoms with E-state index < -0.39 is 12.1 Å². The van der Waals surface area contributed by atoms with Crippen molar-refractivity contribution in [3.8, 4) is 0 Å². The summed E-state index contributed by atoms with van der Waals surface area (Å²) in [5.41, 5.74) is 1.67. The first-order chi connectivity index (χ1) is 13.5. The predicted octanol–water partition coefficient (Wildman–Crippen LogP) is 3.63. The fraction of sp³-hybridized carbons (Fsp3) is 0.316. The number of hydrogen-bond acceptors (Lipinski definition) is 7. The molecule has 148 valence electrons. The van der Waals surface area contributed by atoms with E-state index >= 15 is 0 Å². The van der Waals surface area contributed by atoms with E-state index in [4.69, 9.17) is 9.47 Å². The first-order valence-electron chi connectivity index (χ1n) is 8.49. The first-order valence-corrected chi connectivity index (χ1v) is 10.5. The van der Waals surface area contributed by atoms with Crippen LogP contribution in [0.2, 0.25) is 0 Å². The van der Waals surface area contributed by atoms with Crippen molar-refractivity contribution in [1.29, 1.82) is 0 Å². The van der Waals surface area contributed by atoms with E-state index in [1.54, 1.807) is 28.8 Å². The van der Waals surface area contributed by atoms with E-state index in [0.717, 1.165) is 15.3 Å². The van der Waals surface area contributed by atoms with Crippen molar-refractivity contribution < 1.29 is 23.9 Å². The highest BCUT2D eigenvalue weighted by Gasteiger charge is 2.31. The molecule has 1 N–H and O–H groups in total. The van der Waals surface area contributed by atoms with E-state index in [1.165, 1.54) is 25.6 Å². The molecule has 0 unspecified atom stereocenters. The second-order valence-electron chi connectivity index (χ2n) is 6.02. The minimum Gasteiger partial charge on any atom is -0.465 e. The average molecular weight is 421 g/mol. The van der Waals surface area contributed by atoms with Crippen molar-refractivity contribution in [3.05, 3.63) is 45.8 Å². The summed E-state index contributed by atoms with van der Waals surface area (Å²) >= 11 is 2.87. The number of benzene rings is 1. The fourth-order valence-corrected chi connectivity index (χ4v) is 4.67. The number of thioether (sulfide) groups is 1. The Kier molecular flexibility index (Phi) is 6.25. The summed E-state index contributed by atoms with van der Waals surface area (Å²) in [7, 11) is 2.64. The molecule has 1 aromatic heterocycles. The van der Waals surface area contributed by atoms with Crippen LogP contribution < -0.4 is 5.32 Å². The molecule has 0 bridgehead atoms. The average Bonchev–Trinajstić information content (AvgIpc) is 3.09. The van der Waals surface area contributed by atoms with Gasteiger partial charge < -0.3 is 19.7 Å². The molecule has 0 spiro atoms. The third kappa shape index (κ3) is 4.00. The van der Waals surface area contributed by atoms with Crippen LogP contribution in [0.5, 0.6) is 0 Å². The maximum atomic E-state index is 12.7. The Morgan fingerprint density at radius 1 is 1.14 bits per heavy atom. The van der Waals surface area contributed by atoms with Gasteiger partial charge in [-0.25, -0.2) is 9.59 Å². The van der Waals surface area contributed by atoms with E-state index in [-0.39, 0.29) is 5.91 Å². The summed E-state index contributed by atoms with van der Waals surface area (Å²) in [6.45, 7) is 0.763. The van der Waals surface area contributed by atoms with Crippen LogP contribution in [-0.2, 0) is 22.4 Å². The van der Waals surface area contributed by atoms with Gasteiger partial charge in [0.15, 0.2) is 0 Å². The van der Waals surface area contributed by atoms with Crippen molar-refractivity contribution >= 4 is 46.1 Å². The Balaban J connectivity index is 1.89. The molecule has 0 saturated heterocycles. The van der Waals surface area contributed by atoms with E-state index in [2.05, 4.69) is 5.32 Å². The lowest BCUT2D eigenvalue weighted by Crippen LogP contribution is -2.35. The van der Waals surface area contributed by atoms with Crippen molar-refractivity contribution in [1.82, 2.24) is 4.90 Å². The van der Waals surface area contributed by atoms with Crippen LogP contribution in [0.25, 0.3) is 0 Å². The normalized spacial score (nSPS) is 12.9. The summed E-state index contributed by atoms with van der Waals surface area (Å²) < 4.78 is 9.70. The summed E-state index contributed by atoms with van der Waals surface area (Å²) in [6.07, 6.45) is 2.04. The molecule has 2 aromatic rings. The quantitative estimate of drug-likeness (QED) is 0.601. The number of nitrogens with one attached hydrogen (secondary N) is 1. The monoisotopic (exact) mass is 420 g/mol. The standard InChI is InChI=1S/C19H20N2O5S2/c1-25-18(23)15-13-8-9-21(19(24)26-2)10-14(13)28-17(15)20-16(22)11-4-6-12(27-3)7-5-11/h4-7H,8-10H2,1-3H3,(H,20,22). The molecule has 1 aliphatic rings. The van der Waals surface area contributed by atoms with Crippen LogP contribution >= 0.6 is 23.1 Å². The Morgan fingerprint density at radius 2 is 1.86 bits per heavy atom. The molecule has 1 aliphatic heterocycles. The van der Waals surface area contributed by atoms with Gasteiger partial charge in [-0.2, -0.15) is 0 Å². The molecule has 9 heteroatoms. The Morgan fingerprint density at radius 3 is 2.46 bits per heavy atom. The highest BCUT2D eigenvalue weighted by molar-refractivity contribution is 7.98. The zero-order valence-corrected chi connectivity index (χ0v) is 17.4. The van der Waals surface area contributed by atoms with Crippen LogP contribution in [0.15, 0.2) is 29.2 Å². The maximum absolute atomic E-state index is 12.7. The van der Waals surface area contributed by atoms with Gasteiger partial charge in [-0.1, -0.05) is 0 Å². The lowest BCUT2D eigenvalue weighted by atomic mass is 10.0. The van der Waals surface area contributed by atoms with Gasteiger partial charge in [-0.3, -0.25) is 4.79 Å². The largest absolute Gasteiger partial charge is 0.465 e. The van der Waals surface area contributed by atoms with Crippen LogP contribution in [0.1, 0.15) is 31.2 Å². The van der Waals surface area contributed by atoms with E-state index in [1.807, 2.05) is 18.4 Å². The molecular formula is C19H20N2O5S2. The number of thiophene rings is 1. The number of anilines is 1. The molecule has 0 radical (unpaired) electrons. The molecule has 7 nitrogen and oxygen atoms in total. The van der Waals surface area contributed by atoms with Gasteiger partial charge in [-0.15, -0.1) is 23.1 Å². The van der Waals surface area contributed by atoms with E-state index in [9.17, 15) is 14.4 Å². The molecule has 2 amide bonds. The Bertz CT molecular complexity index is 908. The lowest BCUT2D eigenvalue weighted by Gasteiger charge is -2.25. The number of hydrogen-bond donors (Lipinski definition) is 1. The second kappa shape index (κ2) is 8.66. The van der Waals surface area contributed by atoms with Gasteiger partial charge in [0.2, 0.25) is 0 Å². The molecule has 28 heavy (non-hydrogen) atoms. The highest BCUT2D eigenvalue weighted by Crippen LogP contribution is 2.38. The number of fused-ring (bicyclic) bond motifs is 1. The number of methoxy groups -OCH3 is 2. The number of carbonyl (C=O) groups excluding carboxylic acids is 3. The number of nitrogens with zero attached hydrogens (tertiary/aromatic N) is 1. The van der Waals surface area contributed by atoms with Crippen molar-refractivity contribution in [2.45, 2.75) is 17.9 Å². The molecule has 0 fully saturated rings. The van der Waals surface area contributed by atoms with Gasteiger partial charge in [0, 0.05) is 21.9 Å². The second-order valence-corrected chi connectivity index (χ2v) is 8.01. The van der Waals surface area contributed by atoms with Crippen LogP contribution in [0, 0.1) is 0 Å². The van der Waals surface area contributed by atoms with Crippen molar-refractivity contribution in [3.63, 3.8) is 0 Å². The van der Waals surface area contributed by atoms with Gasteiger partial charge in [0.05, 0.1) is 26.3 Å². The molecular weight excluding hydrogens is 400 g/mol. The molecule has 0 saturated carbocycles. The van der Waals surface area contributed by atoms with Gasteiger partial charge in [-0.05, 0) is 42.5 Å². The number of esters is 1. The maximum Gasteiger partial charge on any atom is 0.409 e. The molecule has 0 aliphatic carbocycles. The lowest BCUT2D eigenvalue weighted by molar-refractivity contribution is 0.0600. The fourth-order valence-electron chi connectivity index (χ4n) is 3.01. The number of ether oxygens (including phenoxy) is 2. The summed E-state index contributed by atoms with van der Waals surface area (Å²) in [5.74, 6) is -0.807. The summed E-state index contributed by atoms with van der Waals surface area (Å²) in [5, 5.41) is 3.26. The van der Waals surface area contributed by atoms with Gasteiger partial charge in [0.1, 0.15) is 5.00 Å². The van der Waals surface area contributed by atoms with Gasteiger partial charge >= 0.3 is 12.1 Å². The third-order valence-electron chi connectivity index (χ3n) is 4.46. The number of amides is 2. The third-order valence-corrected chi connectivity index (χ3v) is 6.33. The SMILES string of the molecule is COC(=O)c1c(NC(=O)c2ccc(SC)cc2)sc2c1CCN(C(=O)OC)C2. The van der Waals surface area contributed by atoms with Crippen LogP contribution in [0.4, 0.5) is 9.80 Å². The molecule has 1 aromatic carbocycles. The topological polar surface area (TPSA) is 84.9 Å². The highest BCUT2D eigenvalue weighted by atomic mass is 32.2. The van der Waals surface area contributed by atoms with E-state index in [0.29, 0.717) is 35.6 Å². The summed E-state index contributed by atoms with van der Waals surface area (Å²) in [4.78, 5) is 40.3. The van der Waals surface area contributed by atoms with Crippen LogP contribution in [0.3, 0.4) is 0 Å². The smallest absolute Gasteiger partial charge is 0.409 e. The summed E-state index contributed by atoms with van der Waals surface area (Å²) in [6, 6.07) is 7.22. The van der Waals surface area contributed by atoms with Crippen LogP contribution in [-0.4, -0.2) is 49.9 Å². The minimum atomic E-state index is -0.503. The zero-order valence-electron chi connectivity index (χ0n) is 15.7. The predicted molar refractivity (Wildman–Crippen MR) is 108 cm³/mol. The van der Waals surface area contributed by atoms with Crippen molar-refractivity contribution in [2.24, 2.45) is 0 Å².